The molecule has 0 radical (unpaired) electrons. The van der Waals surface area contributed by atoms with E-state index in [9.17, 15) is 15.3 Å². The Balaban J connectivity index is 2.91. The van der Waals surface area contributed by atoms with Gasteiger partial charge in [0.05, 0.1) is 13.2 Å². The second-order valence-corrected chi connectivity index (χ2v) is 5.07. The third-order valence-corrected chi connectivity index (χ3v) is 3.41. The second-order valence-electron chi connectivity index (χ2n) is 5.07. The molecule has 0 aliphatic carbocycles. The molecule has 1 aromatic rings. The zero-order valence-electron chi connectivity index (χ0n) is 12.3. The Morgan fingerprint density at radius 1 is 1.10 bits per heavy atom. The second kappa shape index (κ2) is 8.96. The summed E-state index contributed by atoms with van der Waals surface area (Å²) in [5, 5.41) is 47.4. The molecule has 0 aliphatic heterocycles. The van der Waals surface area contributed by atoms with Crippen LogP contribution in [-0.2, 0) is 13.0 Å². The van der Waals surface area contributed by atoms with E-state index >= 15 is 0 Å². The fourth-order valence-electron chi connectivity index (χ4n) is 2.12. The number of nitrogens with zero attached hydrogens (tertiary/aromatic N) is 1. The topological polar surface area (TPSA) is 104 Å². The van der Waals surface area contributed by atoms with Crippen LogP contribution in [0.1, 0.15) is 30.9 Å². The predicted octanol–water partition coefficient (Wildman–Crippen LogP) is 0.158. The molecule has 0 bridgehead atoms. The van der Waals surface area contributed by atoms with E-state index in [0.29, 0.717) is 5.56 Å². The average Bonchev–Trinajstić information content (AvgIpc) is 2.51. The van der Waals surface area contributed by atoms with Crippen LogP contribution in [0.5, 0.6) is 5.75 Å². The number of phenolic OH excluding ortho intramolecular Hbond substituents is 1. The van der Waals surface area contributed by atoms with Gasteiger partial charge in [0.2, 0.25) is 0 Å². The molecule has 6 nitrogen and oxygen atoms in total. The molecule has 1 aromatic carbocycles. The summed E-state index contributed by atoms with van der Waals surface area (Å²) in [7, 11) is 0. The van der Waals surface area contributed by atoms with E-state index in [1.807, 2.05) is 12.1 Å². The quantitative estimate of drug-likeness (QED) is 0.416. The molecule has 5 N–H and O–H groups in total. The number of hydrogen-bond donors (Lipinski definition) is 5. The molecule has 2 atom stereocenters. The van der Waals surface area contributed by atoms with Gasteiger partial charge >= 0.3 is 0 Å². The summed E-state index contributed by atoms with van der Waals surface area (Å²) in [5.41, 5.74) is 1.59. The van der Waals surface area contributed by atoms with Crippen LogP contribution < -0.4 is 0 Å². The van der Waals surface area contributed by atoms with Gasteiger partial charge in [0.25, 0.3) is 0 Å². The third kappa shape index (κ3) is 5.26. The molecule has 6 heteroatoms. The summed E-state index contributed by atoms with van der Waals surface area (Å²) in [6.07, 6.45) is 0.354. The molecule has 0 spiro atoms. The number of aryl methyl sites for hydroxylation is 1. The summed E-state index contributed by atoms with van der Waals surface area (Å²) in [6.45, 7) is 0.966. The number of aromatic hydroxyl groups is 1. The molecule has 0 saturated heterocycles. The number of benzene rings is 1. The number of aliphatic hydroxyl groups excluding tert-OH is 4. The van der Waals surface area contributed by atoms with Crippen molar-refractivity contribution >= 4 is 0 Å². The number of aliphatic hydroxyl groups is 4. The molecule has 0 fully saturated rings. The van der Waals surface area contributed by atoms with Crippen LogP contribution in [0.4, 0.5) is 0 Å². The Morgan fingerprint density at radius 3 is 2.24 bits per heavy atom. The maximum Gasteiger partial charge on any atom is 0.133 e. The maximum atomic E-state index is 9.90. The summed E-state index contributed by atoms with van der Waals surface area (Å²) >= 11 is 0. The zero-order valence-corrected chi connectivity index (χ0v) is 12.3. The highest BCUT2D eigenvalue weighted by atomic mass is 16.4. The first-order valence-electron chi connectivity index (χ1n) is 7.17. The maximum absolute atomic E-state index is 9.90. The summed E-state index contributed by atoms with van der Waals surface area (Å²) in [5.74, 6) is 0.0514. The molecule has 2 unspecified atom stereocenters. The van der Waals surface area contributed by atoms with Gasteiger partial charge in [-0.2, -0.15) is 0 Å². The number of rotatable bonds is 9. The minimum atomic E-state index is -1.31. The van der Waals surface area contributed by atoms with Crippen LogP contribution in [0.3, 0.4) is 0 Å². The lowest BCUT2D eigenvalue weighted by Gasteiger charge is -2.30. The van der Waals surface area contributed by atoms with Gasteiger partial charge in [0, 0.05) is 12.1 Å². The lowest BCUT2D eigenvalue weighted by atomic mass is 10.0. The molecular formula is C15H25NO5. The van der Waals surface area contributed by atoms with Gasteiger partial charge < -0.3 is 25.5 Å². The molecule has 120 valence electrons. The van der Waals surface area contributed by atoms with E-state index in [0.717, 1.165) is 29.7 Å². The Hall–Kier alpha value is -1.18. The van der Waals surface area contributed by atoms with Gasteiger partial charge in [-0.25, -0.2) is 4.90 Å². The third-order valence-electron chi connectivity index (χ3n) is 3.41. The van der Waals surface area contributed by atoms with Crippen molar-refractivity contribution in [2.75, 3.05) is 13.2 Å². The normalized spacial score (nSPS) is 14.4. The lowest BCUT2D eigenvalue weighted by molar-refractivity contribution is -0.138. The Bertz CT molecular complexity index is 417. The molecular weight excluding hydrogens is 274 g/mol. The average molecular weight is 299 g/mol. The van der Waals surface area contributed by atoms with Crippen LogP contribution >= 0.6 is 0 Å². The highest BCUT2D eigenvalue weighted by Crippen LogP contribution is 2.22. The first-order chi connectivity index (χ1) is 10.0. The highest BCUT2D eigenvalue weighted by Gasteiger charge is 2.23. The summed E-state index contributed by atoms with van der Waals surface area (Å²) < 4.78 is 0. The molecule has 0 aromatic heterocycles. The largest absolute Gasteiger partial charge is 0.508 e. The number of unbranched alkanes of at least 4 members (excludes halogenated alkanes) is 1. The highest BCUT2D eigenvalue weighted by molar-refractivity contribution is 5.36. The molecule has 0 heterocycles. The minimum Gasteiger partial charge on any atom is -0.508 e. The van der Waals surface area contributed by atoms with Crippen molar-refractivity contribution < 1.29 is 25.5 Å². The van der Waals surface area contributed by atoms with Gasteiger partial charge in [0.15, 0.2) is 0 Å². The monoisotopic (exact) mass is 299 g/mol. The minimum absolute atomic E-state index is 0.0231. The Labute approximate surface area is 124 Å². The van der Waals surface area contributed by atoms with Gasteiger partial charge in [-0.15, -0.1) is 0 Å². The number of phenols is 1. The first-order valence-corrected chi connectivity index (χ1v) is 7.17. The van der Waals surface area contributed by atoms with Crippen LogP contribution in [-0.4, -0.2) is 56.1 Å². The molecule has 21 heavy (non-hydrogen) atoms. The van der Waals surface area contributed by atoms with Crippen LogP contribution in [0, 0.1) is 0 Å². The van der Waals surface area contributed by atoms with Crippen molar-refractivity contribution in [3.8, 4) is 5.75 Å². The SMILES string of the molecule is CCCCc1ccc(O)c(CN(C(O)CO)C(O)CO)c1. The van der Waals surface area contributed by atoms with E-state index < -0.39 is 25.7 Å². The van der Waals surface area contributed by atoms with Crippen molar-refractivity contribution in [3.63, 3.8) is 0 Å². The van der Waals surface area contributed by atoms with E-state index in [1.165, 1.54) is 0 Å². The zero-order chi connectivity index (χ0) is 15.8. The molecule has 0 amide bonds. The van der Waals surface area contributed by atoms with Gasteiger partial charge in [-0.05, 0) is 24.5 Å². The van der Waals surface area contributed by atoms with Crippen molar-refractivity contribution in [1.29, 1.82) is 0 Å². The summed E-state index contributed by atoms with van der Waals surface area (Å²) in [6, 6.07) is 5.23. The van der Waals surface area contributed by atoms with Crippen molar-refractivity contribution in [3.05, 3.63) is 29.3 Å². The van der Waals surface area contributed by atoms with Crippen LogP contribution in [0.15, 0.2) is 18.2 Å². The van der Waals surface area contributed by atoms with Gasteiger partial charge in [-0.1, -0.05) is 25.5 Å². The van der Waals surface area contributed by atoms with Crippen molar-refractivity contribution in [2.24, 2.45) is 0 Å². The fourth-order valence-corrected chi connectivity index (χ4v) is 2.12. The van der Waals surface area contributed by atoms with E-state index in [1.54, 1.807) is 6.07 Å². The Morgan fingerprint density at radius 2 is 1.71 bits per heavy atom. The van der Waals surface area contributed by atoms with Crippen molar-refractivity contribution in [2.45, 2.75) is 45.2 Å². The first kappa shape index (κ1) is 17.9. The predicted molar refractivity (Wildman–Crippen MR) is 78.4 cm³/mol. The molecule has 0 aliphatic rings. The Kier molecular flexibility index (Phi) is 7.63. The van der Waals surface area contributed by atoms with E-state index in [4.69, 9.17) is 10.2 Å². The standard InChI is InChI=1S/C15H25NO5/c1-2-3-4-11-5-6-13(19)12(7-11)8-16(14(20)9-17)15(21)10-18/h5-7,14-15,17-21H,2-4,8-10H2,1H3. The molecule has 1 rings (SSSR count). The van der Waals surface area contributed by atoms with E-state index in [-0.39, 0.29) is 12.3 Å². The fraction of sp³-hybridized carbons (Fsp3) is 0.600. The van der Waals surface area contributed by atoms with Gasteiger partial charge in [-0.3, -0.25) is 0 Å². The van der Waals surface area contributed by atoms with Crippen molar-refractivity contribution in [1.82, 2.24) is 4.90 Å². The van der Waals surface area contributed by atoms with E-state index in [2.05, 4.69) is 6.92 Å². The molecule has 0 saturated carbocycles. The van der Waals surface area contributed by atoms with Crippen LogP contribution in [0.25, 0.3) is 0 Å². The smallest absolute Gasteiger partial charge is 0.133 e. The van der Waals surface area contributed by atoms with Gasteiger partial charge in [0.1, 0.15) is 18.2 Å². The lowest BCUT2D eigenvalue weighted by Crippen LogP contribution is -2.46. The summed E-state index contributed by atoms with van der Waals surface area (Å²) in [4.78, 5) is 1.12. The van der Waals surface area contributed by atoms with Crippen LogP contribution in [0.2, 0.25) is 0 Å². The number of hydrogen-bond acceptors (Lipinski definition) is 6.